The molecule has 1 aliphatic heterocycles. The minimum absolute atomic E-state index is 0.152. The van der Waals surface area contributed by atoms with Gasteiger partial charge in [-0.05, 0) is 44.0 Å². The lowest BCUT2D eigenvalue weighted by Gasteiger charge is -2.26. The molecule has 1 aliphatic rings. The maximum absolute atomic E-state index is 12.8. The smallest absolute Gasteiger partial charge is 0.257 e. The molecule has 6 nitrogen and oxygen atoms in total. The summed E-state index contributed by atoms with van der Waals surface area (Å²) in [4.78, 5) is 19.7. The number of amides is 1. The van der Waals surface area contributed by atoms with Crippen LogP contribution in [0.25, 0.3) is 11.0 Å². The molecule has 2 aromatic heterocycles. The Morgan fingerprint density at radius 3 is 2.72 bits per heavy atom. The number of carbonyl (C=O) groups excluding carboxylic acids is 1. The summed E-state index contributed by atoms with van der Waals surface area (Å²) in [6.07, 6.45) is 3.38. The Morgan fingerprint density at radius 1 is 1.21 bits per heavy atom. The standard InChI is InChI=1S/C22H27N5OS/c1-15(2)27-21-18(13-24-27)11-19(12-23-21)22(28)25-20-5-4-17(10-16(20)3)14-26-6-8-29-9-7-26/h4-5,10-13,15H,6-9,14H2,1-3H3,(H,25,28). The van der Waals surface area contributed by atoms with Gasteiger partial charge in [0, 0.05) is 54.5 Å². The number of nitrogens with zero attached hydrogens (tertiary/aromatic N) is 4. The van der Waals surface area contributed by atoms with Gasteiger partial charge in [-0.15, -0.1) is 0 Å². The summed E-state index contributed by atoms with van der Waals surface area (Å²) in [5, 5.41) is 8.27. The molecule has 1 saturated heterocycles. The molecular formula is C22H27N5OS. The van der Waals surface area contributed by atoms with E-state index in [9.17, 15) is 4.79 Å². The van der Waals surface area contributed by atoms with Crippen molar-refractivity contribution in [2.75, 3.05) is 29.9 Å². The molecule has 0 atom stereocenters. The van der Waals surface area contributed by atoms with E-state index < -0.39 is 0 Å². The zero-order valence-electron chi connectivity index (χ0n) is 17.2. The second-order valence-electron chi connectivity index (χ2n) is 7.81. The Labute approximate surface area is 175 Å². The lowest BCUT2D eigenvalue weighted by atomic mass is 10.1. The van der Waals surface area contributed by atoms with Crippen molar-refractivity contribution in [1.82, 2.24) is 19.7 Å². The third-order valence-electron chi connectivity index (χ3n) is 5.23. The average Bonchev–Trinajstić information content (AvgIpc) is 3.14. The van der Waals surface area contributed by atoms with Gasteiger partial charge in [0.15, 0.2) is 5.65 Å². The van der Waals surface area contributed by atoms with Crippen LogP contribution in [0.3, 0.4) is 0 Å². The van der Waals surface area contributed by atoms with Crippen LogP contribution >= 0.6 is 11.8 Å². The van der Waals surface area contributed by atoms with Gasteiger partial charge >= 0.3 is 0 Å². The van der Waals surface area contributed by atoms with E-state index in [2.05, 4.69) is 46.3 Å². The molecule has 0 aliphatic carbocycles. The Hall–Kier alpha value is -2.38. The minimum atomic E-state index is -0.152. The number of thioether (sulfide) groups is 1. The quantitative estimate of drug-likeness (QED) is 0.687. The summed E-state index contributed by atoms with van der Waals surface area (Å²) in [7, 11) is 0. The Morgan fingerprint density at radius 2 is 2.00 bits per heavy atom. The summed E-state index contributed by atoms with van der Waals surface area (Å²) in [6.45, 7) is 9.42. The maximum Gasteiger partial charge on any atom is 0.257 e. The van der Waals surface area contributed by atoms with Crippen molar-refractivity contribution in [3.63, 3.8) is 0 Å². The predicted octanol–water partition coefficient (Wildman–Crippen LogP) is 4.12. The van der Waals surface area contributed by atoms with Crippen LogP contribution < -0.4 is 5.32 Å². The van der Waals surface area contributed by atoms with Crippen LogP contribution in [0, 0.1) is 6.92 Å². The van der Waals surface area contributed by atoms with E-state index >= 15 is 0 Å². The van der Waals surface area contributed by atoms with Crippen molar-refractivity contribution in [3.05, 3.63) is 53.3 Å². The van der Waals surface area contributed by atoms with Crippen molar-refractivity contribution >= 4 is 34.4 Å². The predicted molar refractivity (Wildman–Crippen MR) is 120 cm³/mol. The second kappa shape index (κ2) is 8.55. The van der Waals surface area contributed by atoms with Gasteiger partial charge in [-0.25, -0.2) is 9.67 Å². The summed E-state index contributed by atoms with van der Waals surface area (Å²) < 4.78 is 1.86. The third-order valence-corrected chi connectivity index (χ3v) is 6.18. The zero-order valence-corrected chi connectivity index (χ0v) is 18.0. The van der Waals surface area contributed by atoms with Gasteiger partial charge in [0.2, 0.25) is 0 Å². The molecule has 0 unspecified atom stereocenters. The molecule has 7 heteroatoms. The number of rotatable bonds is 5. The number of nitrogens with one attached hydrogen (secondary N) is 1. The molecule has 0 radical (unpaired) electrons. The van der Waals surface area contributed by atoms with Crippen molar-refractivity contribution < 1.29 is 4.79 Å². The topological polar surface area (TPSA) is 63.1 Å². The van der Waals surface area contributed by atoms with E-state index in [-0.39, 0.29) is 11.9 Å². The lowest BCUT2D eigenvalue weighted by Crippen LogP contribution is -2.31. The molecule has 1 amide bonds. The molecule has 3 aromatic rings. The van der Waals surface area contributed by atoms with Crippen LogP contribution in [-0.2, 0) is 6.54 Å². The number of aromatic nitrogens is 3. The second-order valence-corrected chi connectivity index (χ2v) is 9.04. The van der Waals surface area contributed by atoms with E-state index in [1.165, 1.54) is 17.1 Å². The Balaban J connectivity index is 1.47. The van der Waals surface area contributed by atoms with Gasteiger partial charge in [-0.3, -0.25) is 9.69 Å². The average molecular weight is 410 g/mol. The number of hydrogen-bond donors (Lipinski definition) is 1. The van der Waals surface area contributed by atoms with E-state index in [1.807, 2.05) is 35.5 Å². The highest BCUT2D eigenvalue weighted by Crippen LogP contribution is 2.21. The van der Waals surface area contributed by atoms with Crippen molar-refractivity contribution in [2.45, 2.75) is 33.4 Å². The molecule has 1 N–H and O–H groups in total. The molecule has 0 saturated carbocycles. The first kappa shape index (κ1) is 19.9. The number of benzene rings is 1. The molecule has 29 heavy (non-hydrogen) atoms. The fraction of sp³-hybridized carbons (Fsp3) is 0.409. The van der Waals surface area contributed by atoms with E-state index in [0.717, 1.165) is 41.9 Å². The van der Waals surface area contributed by atoms with Gasteiger partial charge < -0.3 is 5.32 Å². The molecule has 0 bridgehead atoms. The van der Waals surface area contributed by atoms with Crippen molar-refractivity contribution in [2.24, 2.45) is 0 Å². The van der Waals surface area contributed by atoms with Crippen LogP contribution in [0.15, 0.2) is 36.7 Å². The maximum atomic E-state index is 12.8. The number of fused-ring (bicyclic) bond motifs is 1. The zero-order chi connectivity index (χ0) is 20.4. The highest BCUT2D eigenvalue weighted by molar-refractivity contribution is 7.99. The normalized spacial score (nSPS) is 15.2. The van der Waals surface area contributed by atoms with Crippen LogP contribution in [-0.4, -0.2) is 50.2 Å². The lowest BCUT2D eigenvalue weighted by molar-refractivity contribution is 0.102. The monoisotopic (exact) mass is 409 g/mol. The van der Waals surface area contributed by atoms with Crippen molar-refractivity contribution in [1.29, 1.82) is 0 Å². The molecule has 152 valence electrons. The fourth-order valence-corrected chi connectivity index (χ4v) is 4.60. The third kappa shape index (κ3) is 4.46. The van der Waals surface area contributed by atoms with Crippen molar-refractivity contribution in [3.8, 4) is 0 Å². The van der Waals surface area contributed by atoms with Gasteiger partial charge in [0.25, 0.3) is 5.91 Å². The van der Waals surface area contributed by atoms with Gasteiger partial charge in [0.05, 0.1) is 11.8 Å². The SMILES string of the molecule is Cc1cc(CN2CCSCC2)ccc1NC(=O)c1cnc2c(cnn2C(C)C)c1. The van der Waals surface area contributed by atoms with E-state index in [1.54, 1.807) is 12.4 Å². The fourth-order valence-electron chi connectivity index (χ4n) is 3.62. The number of hydrogen-bond acceptors (Lipinski definition) is 5. The summed E-state index contributed by atoms with van der Waals surface area (Å²) in [6, 6.07) is 8.36. The number of anilines is 1. The molecular weight excluding hydrogens is 382 g/mol. The van der Waals surface area contributed by atoms with E-state index in [4.69, 9.17) is 0 Å². The summed E-state index contributed by atoms with van der Waals surface area (Å²) in [5.41, 5.74) is 4.54. The van der Waals surface area contributed by atoms with E-state index in [0.29, 0.717) is 5.56 Å². The highest BCUT2D eigenvalue weighted by Gasteiger charge is 2.14. The molecule has 4 rings (SSSR count). The van der Waals surface area contributed by atoms with Crippen LogP contribution in [0.2, 0.25) is 0 Å². The first-order valence-corrected chi connectivity index (χ1v) is 11.2. The summed E-state index contributed by atoms with van der Waals surface area (Å²) >= 11 is 2.02. The van der Waals surface area contributed by atoms with Crippen LogP contribution in [0.1, 0.15) is 41.4 Å². The molecule has 1 fully saturated rings. The van der Waals surface area contributed by atoms with Gasteiger partial charge in [-0.1, -0.05) is 12.1 Å². The number of pyridine rings is 1. The minimum Gasteiger partial charge on any atom is -0.322 e. The van der Waals surface area contributed by atoms with Crippen LogP contribution in [0.5, 0.6) is 0 Å². The molecule has 0 spiro atoms. The molecule has 1 aromatic carbocycles. The number of carbonyl (C=O) groups is 1. The first-order chi connectivity index (χ1) is 14.0. The van der Waals surface area contributed by atoms with Gasteiger partial charge in [0.1, 0.15) is 0 Å². The number of aryl methyl sites for hydroxylation is 1. The summed E-state index contributed by atoms with van der Waals surface area (Å²) in [5.74, 6) is 2.27. The molecule has 3 heterocycles. The first-order valence-electron chi connectivity index (χ1n) is 10.1. The van der Waals surface area contributed by atoms with Crippen LogP contribution in [0.4, 0.5) is 5.69 Å². The largest absolute Gasteiger partial charge is 0.322 e. The van der Waals surface area contributed by atoms with Gasteiger partial charge in [-0.2, -0.15) is 16.9 Å². The Kier molecular flexibility index (Phi) is 5.87. The highest BCUT2D eigenvalue weighted by atomic mass is 32.2. The Bertz CT molecular complexity index is 1020.